The molecule has 0 saturated carbocycles. The number of amides is 1. The minimum Gasteiger partial charge on any atom is -0.480 e. The normalized spacial score (nSPS) is 13.3. The molecular formula is C16H23NO4. The Morgan fingerprint density at radius 1 is 1.24 bits per heavy atom. The van der Waals surface area contributed by atoms with Gasteiger partial charge in [-0.25, -0.2) is 9.59 Å². The van der Waals surface area contributed by atoms with Crippen LogP contribution < -0.4 is 0 Å². The summed E-state index contributed by atoms with van der Waals surface area (Å²) in [4.78, 5) is 25.0. The van der Waals surface area contributed by atoms with Crippen molar-refractivity contribution in [2.45, 2.75) is 45.8 Å². The summed E-state index contributed by atoms with van der Waals surface area (Å²) in [6.45, 7) is 5.63. The summed E-state index contributed by atoms with van der Waals surface area (Å²) in [5, 5.41) is 9.45. The van der Waals surface area contributed by atoms with Gasteiger partial charge >= 0.3 is 12.1 Å². The van der Waals surface area contributed by atoms with Crippen molar-refractivity contribution in [3.63, 3.8) is 0 Å². The Morgan fingerprint density at radius 3 is 2.33 bits per heavy atom. The third-order valence-corrected chi connectivity index (χ3v) is 3.54. The van der Waals surface area contributed by atoms with Crippen molar-refractivity contribution in [3.05, 3.63) is 35.9 Å². The summed E-state index contributed by atoms with van der Waals surface area (Å²) in [5.41, 5.74) is -0.369. The molecule has 1 aromatic rings. The van der Waals surface area contributed by atoms with Crippen LogP contribution in [0.2, 0.25) is 0 Å². The van der Waals surface area contributed by atoms with E-state index in [9.17, 15) is 14.7 Å². The van der Waals surface area contributed by atoms with Crippen molar-refractivity contribution in [3.8, 4) is 0 Å². The molecule has 0 aliphatic carbocycles. The molecular weight excluding hydrogens is 270 g/mol. The first-order valence-corrected chi connectivity index (χ1v) is 7.17. The highest BCUT2D eigenvalue weighted by Gasteiger charge is 2.41. The molecule has 1 N–H and O–H groups in total. The highest BCUT2D eigenvalue weighted by atomic mass is 16.6. The molecule has 0 heterocycles. The molecule has 1 atom stereocenters. The van der Waals surface area contributed by atoms with E-state index < -0.39 is 17.6 Å². The van der Waals surface area contributed by atoms with Crippen molar-refractivity contribution in [2.75, 3.05) is 6.54 Å². The minimum atomic E-state index is -1.24. The number of nitrogens with zero attached hydrogens (tertiary/aromatic N) is 1. The van der Waals surface area contributed by atoms with Crippen LogP contribution in [-0.2, 0) is 16.1 Å². The van der Waals surface area contributed by atoms with Gasteiger partial charge in [-0.3, -0.25) is 4.90 Å². The second kappa shape index (κ2) is 7.67. The number of carboxylic acids is 1. The number of carbonyl (C=O) groups is 2. The third-order valence-electron chi connectivity index (χ3n) is 3.54. The SMILES string of the molecule is CCCC(C)(C(=O)O)N(CC)C(=O)OCc1ccccc1. The van der Waals surface area contributed by atoms with Crippen molar-refractivity contribution in [1.82, 2.24) is 4.90 Å². The van der Waals surface area contributed by atoms with E-state index in [0.717, 1.165) is 5.56 Å². The average molecular weight is 293 g/mol. The number of carbonyl (C=O) groups excluding carboxylic acids is 1. The van der Waals surface area contributed by atoms with Gasteiger partial charge in [-0.15, -0.1) is 0 Å². The van der Waals surface area contributed by atoms with Crippen LogP contribution in [0.25, 0.3) is 0 Å². The van der Waals surface area contributed by atoms with Crippen LogP contribution >= 0.6 is 0 Å². The van der Waals surface area contributed by atoms with Gasteiger partial charge in [-0.2, -0.15) is 0 Å². The molecule has 0 fully saturated rings. The van der Waals surface area contributed by atoms with Gasteiger partial charge in [0, 0.05) is 6.54 Å². The van der Waals surface area contributed by atoms with Gasteiger partial charge in [0.25, 0.3) is 0 Å². The average Bonchev–Trinajstić information content (AvgIpc) is 2.47. The Kier molecular flexibility index (Phi) is 6.21. The standard InChI is InChI=1S/C16H23NO4/c1-4-11-16(3,14(18)19)17(5-2)15(20)21-12-13-9-7-6-8-10-13/h6-10H,4-5,11-12H2,1-3H3,(H,18,19). The monoisotopic (exact) mass is 293 g/mol. The van der Waals surface area contributed by atoms with Crippen LogP contribution in [0.4, 0.5) is 4.79 Å². The zero-order valence-corrected chi connectivity index (χ0v) is 12.8. The third kappa shape index (κ3) is 4.21. The minimum absolute atomic E-state index is 0.137. The highest BCUT2D eigenvalue weighted by Crippen LogP contribution is 2.23. The Hall–Kier alpha value is -2.04. The number of likely N-dealkylation sites (N-methyl/N-ethyl adjacent to an activating group) is 1. The van der Waals surface area contributed by atoms with Crippen molar-refractivity contribution in [1.29, 1.82) is 0 Å². The fraction of sp³-hybridized carbons (Fsp3) is 0.500. The lowest BCUT2D eigenvalue weighted by atomic mass is 9.94. The van der Waals surface area contributed by atoms with Crippen molar-refractivity contribution < 1.29 is 19.4 Å². The summed E-state index contributed by atoms with van der Waals surface area (Å²) in [6, 6.07) is 9.31. The van der Waals surface area contributed by atoms with E-state index >= 15 is 0 Å². The van der Waals surface area contributed by atoms with Gasteiger partial charge in [0.05, 0.1) is 0 Å². The maximum absolute atomic E-state index is 12.2. The maximum atomic E-state index is 12.2. The lowest BCUT2D eigenvalue weighted by molar-refractivity contribution is -0.150. The van der Waals surface area contributed by atoms with Gasteiger partial charge in [-0.05, 0) is 25.8 Å². The van der Waals surface area contributed by atoms with E-state index in [2.05, 4.69) is 0 Å². The number of rotatable bonds is 7. The van der Waals surface area contributed by atoms with E-state index in [0.29, 0.717) is 12.8 Å². The fourth-order valence-corrected chi connectivity index (χ4v) is 2.32. The van der Waals surface area contributed by atoms with Crippen LogP contribution in [-0.4, -0.2) is 34.2 Å². The number of hydrogen-bond donors (Lipinski definition) is 1. The molecule has 1 unspecified atom stereocenters. The van der Waals surface area contributed by atoms with Gasteiger partial charge in [0.1, 0.15) is 12.1 Å². The van der Waals surface area contributed by atoms with Crippen LogP contribution in [0.15, 0.2) is 30.3 Å². The Bertz CT molecular complexity index is 474. The van der Waals surface area contributed by atoms with Crippen molar-refractivity contribution in [2.24, 2.45) is 0 Å². The molecule has 0 radical (unpaired) electrons. The quantitative estimate of drug-likeness (QED) is 0.837. The van der Waals surface area contributed by atoms with Gasteiger partial charge < -0.3 is 9.84 Å². The van der Waals surface area contributed by atoms with Gasteiger partial charge in [-0.1, -0.05) is 43.7 Å². The van der Waals surface area contributed by atoms with Crippen molar-refractivity contribution >= 4 is 12.1 Å². The second-order valence-electron chi connectivity index (χ2n) is 5.11. The predicted octanol–water partition coefficient (Wildman–Crippen LogP) is 3.29. The number of carboxylic acid groups (broad SMARTS) is 1. The smallest absolute Gasteiger partial charge is 0.411 e. The van der Waals surface area contributed by atoms with E-state index in [1.807, 2.05) is 37.3 Å². The summed E-state index contributed by atoms with van der Waals surface area (Å²) in [6.07, 6.45) is 0.460. The molecule has 1 amide bonds. The number of hydrogen-bond acceptors (Lipinski definition) is 3. The van der Waals surface area contributed by atoms with Gasteiger partial charge in [0.15, 0.2) is 0 Å². The molecule has 5 heteroatoms. The molecule has 5 nitrogen and oxygen atoms in total. The van der Waals surface area contributed by atoms with Crippen LogP contribution in [0.3, 0.4) is 0 Å². The molecule has 0 bridgehead atoms. The molecule has 21 heavy (non-hydrogen) atoms. The maximum Gasteiger partial charge on any atom is 0.411 e. The second-order valence-corrected chi connectivity index (χ2v) is 5.11. The lowest BCUT2D eigenvalue weighted by Crippen LogP contribution is -2.55. The summed E-state index contributed by atoms with van der Waals surface area (Å²) >= 11 is 0. The molecule has 0 saturated heterocycles. The van der Waals surface area contributed by atoms with Crippen LogP contribution in [0.1, 0.15) is 39.2 Å². The summed E-state index contributed by atoms with van der Waals surface area (Å²) in [7, 11) is 0. The number of aliphatic carboxylic acids is 1. The first-order valence-electron chi connectivity index (χ1n) is 7.17. The Balaban J connectivity index is 2.78. The van der Waals surface area contributed by atoms with Crippen LogP contribution in [0, 0.1) is 0 Å². The first kappa shape index (κ1) is 17.0. The lowest BCUT2D eigenvalue weighted by Gasteiger charge is -2.36. The molecule has 0 aliphatic heterocycles. The molecule has 0 aromatic heterocycles. The van der Waals surface area contributed by atoms with E-state index in [1.165, 1.54) is 4.90 Å². The topological polar surface area (TPSA) is 66.8 Å². The van der Waals surface area contributed by atoms with E-state index in [1.54, 1.807) is 13.8 Å². The largest absolute Gasteiger partial charge is 0.480 e. The zero-order chi connectivity index (χ0) is 15.9. The fourth-order valence-electron chi connectivity index (χ4n) is 2.32. The summed E-state index contributed by atoms with van der Waals surface area (Å²) in [5.74, 6) is -1.01. The number of ether oxygens (including phenoxy) is 1. The number of benzene rings is 1. The first-order chi connectivity index (χ1) is 9.95. The zero-order valence-electron chi connectivity index (χ0n) is 12.8. The molecule has 1 aromatic carbocycles. The van der Waals surface area contributed by atoms with E-state index in [4.69, 9.17) is 4.74 Å². The highest BCUT2D eigenvalue weighted by molar-refractivity contribution is 5.84. The summed E-state index contributed by atoms with van der Waals surface area (Å²) < 4.78 is 5.25. The van der Waals surface area contributed by atoms with Gasteiger partial charge in [0.2, 0.25) is 0 Å². The Labute approximate surface area is 125 Å². The molecule has 116 valence electrons. The molecule has 1 rings (SSSR count). The predicted molar refractivity (Wildman–Crippen MR) is 80.0 cm³/mol. The van der Waals surface area contributed by atoms with E-state index in [-0.39, 0.29) is 13.2 Å². The van der Waals surface area contributed by atoms with Crippen LogP contribution in [0.5, 0.6) is 0 Å². The Morgan fingerprint density at radius 2 is 1.86 bits per heavy atom. The molecule has 0 spiro atoms. The molecule has 0 aliphatic rings.